The number of allylic oxidation sites excluding steroid dienone is 20. The largest absolute Gasteiger partial charge is 0.756 e. The van der Waals surface area contributed by atoms with Crippen LogP contribution in [0.3, 0.4) is 0 Å². The first-order valence-electron chi connectivity index (χ1n) is 36.2. The van der Waals surface area contributed by atoms with Crippen LogP contribution >= 0.6 is 7.82 Å². The fourth-order valence-electron chi connectivity index (χ4n) is 9.94. The third-order valence-corrected chi connectivity index (χ3v) is 16.4. The van der Waals surface area contributed by atoms with E-state index in [0.717, 1.165) is 96.3 Å². The maximum absolute atomic E-state index is 12.8. The molecule has 9 nitrogen and oxygen atoms in total. The van der Waals surface area contributed by atoms with Gasteiger partial charge in [-0.2, -0.15) is 0 Å². The van der Waals surface area contributed by atoms with E-state index in [2.05, 4.69) is 135 Å². The molecule has 0 aromatic heterocycles. The van der Waals surface area contributed by atoms with Crippen LogP contribution in [0.5, 0.6) is 0 Å². The standard InChI is InChI=1S/C78H136NO8P/c1-6-8-10-12-14-16-18-20-22-24-26-28-30-32-33-34-35-36-37-38-39-40-41-42-43-44-45-47-48-50-52-54-56-58-60-62-64-66-68-70-77(80)84-74-76(75-86-88(82,83)85-73-72-79(3,4)5)87-78(81)71-69-67-65-63-61-59-57-55-53-51-49-46-31-29-27-25-23-21-19-17-15-13-11-9-7-2/h9,11,15,17-18,20-21,23-24,26-27,29-30,32,46,49,53,55,59,61,76H,6-8,10,12-14,16,19,22,25,28,31,33-45,47-48,50-52,54,56-58,60,62-75H2,1-5H3/b11-9-,17-15-,20-18-,23-21-,26-24-,29-27-,32-30-,49-46-,55-53-,61-59-. The molecule has 506 valence electrons. The van der Waals surface area contributed by atoms with Gasteiger partial charge in [-0.05, 0) is 109 Å². The Morgan fingerprint density at radius 3 is 0.977 bits per heavy atom. The molecule has 2 unspecified atom stereocenters. The molecule has 0 saturated heterocycles. The molecule has 2 atom stereocenters. The number of unbranched alkanes of at least 4 members (excludes halogenated alkanes) is 32. The van der Waals surface area contributed by atoms with Crippen molar-refractivity contribution in [2.75, 3.05) is 47.5 Å². The molecule has 0 aliphatic rings. The molecule has 0 aromatic carbocycles. The van der Waals surface area contributed by atoms with Gasteiger partial charge < -0.3 is 27.9 Å². The summed E-state index contributed by atoms with van der Waals surface area (Å²) >= 11 is 0. The maximum atomic E-state index is 12.8. The van der Waals surface area contributed by atoms with Crippen molar-refractivity contribution in [3.05, 3.63) is 122 Å². The van der Waals surface area contributed by atoms with Gasteiger partial charge in [-0.15, -0.1) is 0 Å². The first-order chi connectivity index (χ1) is 43.0. The Balaban J connectivity index is 4.02. The van der Waals surface area contributed by atoms with E-state index >= 15 is 0 Å². The summed E-state index contributed by atoms with van der Waals surface area (Å²) in [7, 11) is 1.14. The fraction of sp³-hybridized carbons (Fsp3) is 0.718. The molecule has 0 heterocycles. The third-order valence-electron chi connectivity index (χ3n) is 15.5. The number of quaternary nitrogens is 1. The lowest BCUT2D eigenvalue weighted by Gasteiger charge is -2.28. The van der Waals surface area contributed by atoms with E-state index in [9.17, 15) is 19.0 Å². The highest BCUT2D eigenvalue weighted by Crippen LogP contribution is 2.38. The fourth-order valence-corrected chi connectivity index (χ4v) is 10.7. The molecular weight excluding hydrogens is 1110 g/mol. The summed E-state index contributed by atoms with van der Waals surface area (Å²) < 4.78 is 34.3. The molecule has 10 heteroatoms. The monoisotopic (exact) mass is 1250 g/mol. The Morgan fingerprint density at radius 2 is 0.648 bits per heavy atom. The van der Waals surface area contributed by atoms with Gasteiger partial charge in [0.2, 0.25) is 0 Å². The van der Waals surface area contributed by atoms with E-state index in [1.54, 1.807) is 0 Å². The summed E-state index contributed by atoms with van der Waals surface area (Å²) in [6.07, 6.45) is 97.3. The maximum Gasteiger partial charge on any atom is 0.306 e. The van der Waals surface area contributed by atoms with E-state index in [4.69, 9.17) is 18.5 Å². The zero-order valence-corrected chi connectivity index (χ0v) is 58.5. The van der Waals surface area contributed by atoms with Crippen molar-refractivity contribution in [1.29, 1.82) is 0 Å². The van der Waals surface area contributed by atoms with Crippen molar-refractivity contribution < 1.29 is 42.1 Å². The van der Waals surface area contributed by atoms with Crippen LogP contribution in [-0.2, 0) is 32.7 Å². The first-order valence-corrected chi connectivity index (χ1v) is 37.7. The van der Waals surface area contributed by atoms with Crippen LogP contribution < -0.4 is 4.89 Å². The average molecular weight is 1250 g/mol. The Hall–Kier alpha value is -3.59. The van der Waals surface area contributed by atoms with Gasteiger partial charge in [-0.1, -0.05) is 309 Å². The highest BCUT2D eigenvalue weighted by atomic mass is 31.2. The van der Waals surface area contributed by atoms with Gasteiger partial charge in [-0.25, -0.2) is 0 Å². The first kappa shape index (κ1) is 84.4. The van der Waals surface area contributed by atoms with E-state index in [-0.39, 0.29) is 26.1 Å². The van der Waals surface area contributed by atoms with E-state index in [1.165, 1.54) is 180 Å². The Bertz CT molecular complexity index is 1900. The van der Waals surface area contributed by atoms with E-state index < -0.39 is 32.5 Å². The minimum atomic E-state index is -4.66. The predicted octanol–water partition coefficient (Wildman–Crippen LogP) is 23.2. The summed E-state index contributed by atoms with van der Waals surface area (Å²) in [5.41, 5.74) is 0. The molecule has 0 saturated carbocycles. The summed E-state index contributed by atoms with van der Waals surface area (Å²) in [5, 5.41) is 0. The zero-order valence-electron chi connectivity index (χ0n) is 57.6. The van der Waals surface area contributed by atoms with Crippen LogP contribution in [0.2, 0.25) is 0 Å². The van der Waals surface area contributed by atoms with Gasteiger partial charge in [0.05, 0.1) is 27.7 Å². The predicted molar refractivity (Wildman–Crippen MR) is 378 cm³/mol. The SMILES string of the molecule is CC/C=C\C/C=C\C/C=C\C/C=C\C/C=C\C/C=C\C/C=C\CCCCCC(=O)OC(COC(=O)CCCCCCCCCCCCCCCCCCCCCCCCCC/C=C\C/C=C\C/C=C\CCCCCCC)COP(=O)([O-])OCC[N+](C)(C)C. The summed E-state index contributed by atoms with van der Waals surface area (Å²) in [6.45, 7) is 4.09. The normalized spacial score (nSPS) is 13.8. The second-order valence-electron chi connectivity index (χ2n) is 25.2. The molecule has 0 aromatic rings. The second kappa shape index (κ2) is 67.8. The van der Waals surface area contributed by atoms with Crippen LogP contribution in [0.1, 0.15) is 309 Å². The lowest BCUT2D eigenvalue weighted by atomic mass is 10.0. The minimum Gasteiger partial charge on any atom is -0.756 e. The molecule has 88 heavy (non-hydrogen) atoms. The zero-order chi connectivity index (χ0) is 64.1. The van der Waals surface area contributed by atoms with Gasteiger partial charge in [-0.3, -0.25) is 14.2 Å². The highest BCUT2D eigenvalue weighted by molar-refractivity contribution is 7.45. The molecule has 0 aliphatic carbocycles. The molecule has 0 fully saturated rings. The highest BCUT2D eigenvalue weighted by Gasteiger charge is 2.22. The number of carbonyl (C=O) groups is 2. The van der Waals surface area contributed by atoms with Gasteiger partial charge in [0.1, 0.15) is 19.8 Å². The van der Waals surface area contributed by atoms with Gasteiger partial charge in [0.15, 0.2) is 6.10 Å². The van der Waals surface area contributed by atoms with Crippen LogP contribution in [0.25, 0.3) is 0 Å². The lowest BCUT2D eigenvalue weighted by molar-refractivity contribution is -0.870. The van der Waals surface area contributed by atoms with Crippen molar-refractivity contribution in [3.8, 4) is 0 Å². The molecule has 0 amide bonds. The number of hydrogen-bond donors (Lipinski definition) is 0. The number of likely N-dealkylation sites (N-methyl/N-ethyl adjacent to an activating group) is 1. The van der Waals surface area contributed by atoms with Gasteiger partial charge >= 0.3 is 11.9 Å². The molecule has 0 radical (unpaired) electrons. The number of nitrogens with zero attached hydrogens (tertiary/aromatic N) is 1. The molecule has 0 aliphatic heterocycles. The molecule has 0 N–H and O–H groups in total. The van der Waals surface area contributed by atoms with Crippen LogP contribution in [-0.4, -0.2) is 70.0 Å². The summed E-state index contributed by atoms with van der Waals surface area (Å²) in [4.78, 5) is 38.0. The Kier molecular flexibility index (Phi) is 65.0. The number of rotatable bonds is 66. The Labute approximate surface area is 543 Å². The van der Waals surface area contributed by atoms with Crippen molar-refractivity contribution in [1.82, 2.24) is 0 Å². The number of carbonyl (C=O) groups excluding carboxylic acids is 2. The van der Waals surface area contributed by atoms with Crippen LogP contribution in [0.15, 0.2) is 122 Å². The van der Waals surface area contributed by atoms with Crippen molar-refractivity contribution >= 4 is 19.8 Å². The number of esters is 2. The van der Waals surface area contributed by atoms with E-state index in [0.29, 0.717) is 17.4 Å². The number of ether oxygens (including phenoxy) is 2. The van der Waals surface area contributed by atoms with Gasteiger partial charge in [0, 0.05) is 12.8 Å². The number of phosphoric acid groups is 1. The Morgan fingerprint density at radius 1 is 0.364 bits per heavy atom. The average Bonchev–Trinajstić information content (AvgIpc) is 3.57. The number of phosphoric ester groups is 1. The third kappa shape index (κ3) is 71.5. The lowest BCUT2D eigenvalue weighted by Crippen LogP contribution is -2.37. The van der Waals surface area contributed by atoms with Crippen molar-refractivity contribution in [3.63, 3.8) is 0 Å². The van der Waals surface area contributed by atoms with E-state index in [1.807, 2.05) is 21.1 Å². The smallest absolute Gasteiger partial charge is 0.306 e. The molecule has 0 spiro atoms. The molecular formula is C78H136NO8P. The summed E-state index contributed by atoms with van der Waals surface area (Å²) in [6, 6.07) is 0. The number of hydrogen-bond acceptors (Lipinski definition) is 8. The quantitative estimate of drug-likeness (QED) is 0.0195. The topological polar surface area (TPSA) is 111 Å². The molecule has 0 bridgehead atoms. The van der Waals surface area contributed by atoms with Crippen LogP contribution in [0, 0.1) is 0 Å². The van der Waals surface area contributed by atoms with Crippen molar-refractivity contribution in [2.45, 2.75) is 315 Å². The molecule has 0 rings (SSSR count). The van der Waals surface area contributed by atoms with Crippen LogP contribution in [0.4, 0.5) is 0 Å². The minimum absolute atomic E-state index is 0.0424. The summed E-state index contributed by atoms with van der Waals surface area (Å²) in [5.74, 6) is -0.869. The second-order valence-corrected chi connectivity index (χ2v) is 26.6. The van der Waals surface area contributed by atoms with Gasteiger partial charge in [0.25, 0.3) is 7.82 Å². The van der Waals surface area contributed by atoms with Crippen molar-refractivity contribution in [2.24, 2.45) is 0 Å².